The van der Waals surface area contributed by atoms with Crippen LogP contribution in [0.15, 0.2) is 57.0 Å². The number of ether oxygens (including phenoxy) is 1. The number of halogens is 1. The van der Waals surface area contributed by atoms with Gasteiger partial charge in [0.2, 0.25) is 5.88 Å². The van der Waals surface area contributed by atoms with Crippen molar-refractivity contribution in [2.45, 2.75) is 6.92 Å². The summed E-state index contributed by atoms with van der Waals surface area (Å²) in [6.45, 7) is 1.82. The van der Waals surface area contributed by atoms with Crippen molar-refractivity contribution in [2.75, 3.05) is 12.4 Å². The summed E-state index contributed by atoms with van der Waals surface area (Å²) < 4.78 is 5.93. The van der Waals surface area contributed by atoms with E-state index in [-0.39, 0.29) is 11.3 Å². The lowest BCUT2D eigenvalue weighted by Gasteiger charge is -2.10. The third-order valence-corrected chi connectivity index (χ3v) is 4.59. The summed E-state index contributed by atoms with van der Waals surface area (Å²) in [6.07, 6.45) is 0.874. The maximum absolute atomic E-state index is 12.2. The molecule has 0 fully saturated rings. The monoisotopic (exact) mass is 428 g/mol. The van der Waals surface area contributed by atoms with E-state index in [4.69, 9.17) is 16.3 Å². The number of nitrogens with one attached hydrogen (secondary N) is 2. The standard InChI is InChI=1S/C20H17ClN4O5/c1-11-3-4-12(9-16(11)21)23-19(28)22-10-15-17(26)24-20(29)25(18(15)27)13-5-7-14(30-2)8-6-13/h3-10,27H,1-2H3,(H,23,28)(H,24,26,29). The van der Waals surface area contributed by atoms with Crippen molar-refractivity contribution in [1.82, 2.24) is 9.55 Å². The molecule has 0 bridgehead atoms. The van der Waals surface area contributed by atoms with Crippen molar-refractivity contribution in [3.8, 4) is 17.3 Å². The Balaban J connectivity index is 1.91. The summed E-state index contributed by atoms with van der Waals surface area (Å²) in [4.78, 5) is 42.1. The second kappa shape index (κ2) is 8.66. The molecule has 0 aliphatic heterocycles. The molecule has 30 heavy (non-hydrogen) atoms. The van der Waals surface area contributed by atoms with Gasteiger partial charge in [-0.2, -0.15) is 0 Å². The molecule has 0 aliphatic carbocycles. The van der Waals surface area contributed by atoms with E-state index in [1.807, 2.05) is 6.92 Å². The molecule has 0 saturated carbocycles. The molecule has 2 amide bonds. The van der Waals surface area contributed by atoms with E-state index in [9.17, 15) is 19.5 Å². The quantitative estimate of drug-likeness (QED) is 0.551. The van der Waals surface area contributed by atoms with Crippen LogP contribution < -0.4 is 21.3 Å². The number of hydrogen-bond donors (Lipinski definition) is 3. The number of rotatable bonds is 4. The average Bonchev–Trinajstić information content (AvgIpc) is 2.71. The van der Waals surface area contributed by atoms with E-state index in [2.05, 4.69) is 15.3 Å². The van der Waals surface area contributed by atoms with Gasteiger partial charge in [-0.05, 0) is 48.9 Å². The highest BCUT2D eigenvalue weighted by Crippen LogP contribution is 2.20. The average molecular weight is 429 g/mol. The number of nitrogens with zero attached hydrogens (tertiary/aromatic N) is 2. The van der Waals surface area contributed by atoms with Gasteiger partial charge in [0.1, 0.15) is 11.3 Å². The van der Waals surface area contributed by atoms with Crippen molar-refractivity contribution in [3.05, 3.63) is 79.5 Å². The fraction of sp³-hybridized carbons (Fsp3) is 0.100. The molecule has 0 unspecified atom stereocenters. The molecule has 9 nitrogen and oxygen atoms in total. The smallest absolute Gasteiger partial charge is 0.345 e. The molecule has 0 radical (unpaired) electrons. The first kappa shape index (κ1) is 20.9. The Morgan fingerprint density at radius 2 is 1.93 bits per heavy atom. The van der Waals surface area contributed by atoms with Crippen LogP contribution in [0.25, 0.3) is 5.69 Å². The van der Waals surface area contributed by atoms with Crippen LogP contribution in [-0.2, 0) is 0 Å². The molecule has 10 heteroatoms. The van der Waals surface area contributed by atoms with Crippen LogP contribution in [0.2, 0.25) is 5.02 Å². The summed E-state index contributed by atoms with van der Waals surface area (Å²) in [5.74, 6) is -0.116. The zero-order valence-corrected chi connectivity index (χ0v) is 16.7. The lowest BCUT2D eigenvalue weighted by molar-refractivity contribution is 0.259. The van der Waals surface area contributed by atoms with Crippen LogP contribution in [0.4, 0.5) is 10.5 Å². The maximum Gasteiger partial charge on any atom is 0.345 e. The van der Waals surface area contributed by atoms with Crippen LogP contribution in [-0.4, -0.2) is 34.0 Å². The van der Waals surface area contributed by atoms with Gasteiger partial charge in [-0.25, -0.2) is 19.1 Å². The highest BCUT2D eigenvalue weighted by molar-refractivity contribution is 6.31. The highest BCUT2D eigenvalue weighted by atomic mass is 35.5. The number of amides is 2. The largest absolute Gasteiger partial charge is 0.497 e. The Morgan fingerprint density at radius 1 is 1.23 bits per heavy atom. The molecule has 154 valence electrons. The number of anilines is 1. The summed E-state index contributed by atoms with van der Waals surface area (Å²) in [6, 6.07) is 10.3. The second-order valence-corrected chi connectivity index (χ2v) is 6.59. The molecule has 3 aromatic rings. The fourth-order valence-electron chi connectivity index (χ4n) is 2.58. The summed E-state index contributed by atoms with van der Waals surface area (Å²) in [7, 11) is 1.49. The van der Waals surface area contributed by atoms with E-state index < -0.39 is 23.2 Å². The van der Waals surface area contributed by atoms with E-state index in [1.165, 1.54) is 19.2 Å². The molecular weight excluding hydrogens is 412 g/mol. The number of aromatic nitrogens is 2. The number of methoxy groups -OCH3 is 1. The van der Waals surface area contributed by atoms with Crippen molar-refractivity contribution in [1.29, 1.82) is 0 Å². The normalized spacial score (nSPS) is 10.9. The number of urea groups is 1. The van der Waals surface area contributed by atoms with Crippen LogP contribution in [0.3, 0.4) is 0 Å². The number of aromatic amines is 1. The van der Waals surface area contributed by atoms with E-state index in [0.29, 0.717) is 16.5 Å². The first-order valence-corrected chi connectivity index (χ1v) is 9.02. The van der Waals surface area contributed by atoms with Crippen LogP contribution >= 0.6 is 11.6 Å². The molecule has 0 spiro atoms. The third kappa shape index (κ3) is 4.41. The van der Waals surface area contributed by atoms with Crippen molar-refractivity contribution < 1.29 is 14.6 Å². The van der Waals surface area contributed by atoms with E-state index in [0.717, 1.165) is 16.3 Å². The minimum atomic E-state index is -0.891. The predicted molar refractivity (Wildman–Crippen MR) is 114 cm³/mol. The van der Waals surface area contributed by atoms with Gasteiger partial charge in [-0.1, -0.05) is 17.7 Å². The number of H-pyrrole nitrogens is 1. The Hall–Kier alpha value is -3.85. The van der Waals surface area contributed by atoms with Gasteiger partial charge in [0.25, 0.3) is 5.56 Å². The molecule has 1 heterocycles. The Morgan fingerprint density at radius 3 is 2.57 bits per heavy atom. The number of carbonyl (C=O) groups excluding carboxylic acids is 1. The SMILES string of the molecule is COc1ccc(-n2c(O)c(C=NC(=O)Nc3ccc(C)c(Cl)c3)c(=O)[nH]c2=O)cc1. The number of aryl methyl sites for hydroxylation is 1. The molecule has 0 aliphatic rings. The van der Waals surface area contributed by atoms with Gasteiger partial charge in [-0.15, -0.1) is 0 Å². The lowest BCUT2D eigenvalue weighted by Crippen LogP contribution is -2.31. The molecule has 1 aromatic heterocycles. The van der Waals surface area contributed by atoms with E-state index in [1.54, 1.807) is 30.3 Å². The van der Waals surface area contributed by atoms with Gasteiger partial charge in [0.15, 0.2) is 0 Å². The van der Waals surface area contributed by atoms with E-state index >= 15 is 0 Å². The van der Waals surface area contributed by atoms with Crippen LogP contribution in [0, 0.1) is 6.92 Å². The third-order valence-electron chi connectivity index (χ3n) is 4.19. The Kier molecular flexibility index (Phi) is 6.03. The molecule has 0 saturated heterocycles. The molecule has 0 atom stereocenters. The zero-order valence-electron chi connectivity index (χ0n) is 16.0. The first-order valence-electron chi connectivity index (χ1n) is 8.64. The first-order chi connectivity index (χ1) is 14.3. The topological polar surface area (TPSA) is 126 Å². The Labute approximate surface area is 175 Å². The highest BCUT2D eigenvalue weighted by Gasteiger charge is 2.15. The second-order valence-electron chi connectivity index (χ2n) is 6.18. The lowest BCUT2D eigenvalue weighted by atomic mass is 10.2. The van der Waals surface area contributed by atoms with Crippen molar-refractivity contribution in [3.63, 3.8) is 0 Å². The summed E-state index contributed by atoms with van der Waals surface area (Å²) in [5.41, 5.74) is -0.564. The van der Waals surface area contributed by atoms with Gasteiger partial charge in [0.05, 0.1) is 19.0 Å². The van der Waals surface area contributed by atoms with Gasteiger partial charge in [-0.3, -0.25) is 9.78 Å². The summed E-state index contributed by atoms with van der Waals surface area (Å²) >= 11 is 6.01. The summed E-state index contributed by atoms with van der Waals surface area (Å²) in [5, 5.41) is 13.4. The van der Waals surface area contributed by atoms with Crippen LogP contribution in [0.5, 0.6) is 11.6 Å². The minimum absolute atomic E-state index is 0.281. The number of hydrogen-bond acceptors (Lipinski definition) is 5. The predicted octanol–water partition coefficient (Wildman–Crippen LogP) is 2.85. The molecular formula is C20H17ClN4O5. The fourth-order valence-corrected chi connectivity index (χ4v) is 2.76. The number of aliphatic imine (C=N–C) groups is 1. The number of aromatic hydroxyl groups is 1. The maximum atomic E-state index is 12.2. The van der Waals surface area contributed by atoms with Crippen molar-refractivity contribution in [2.24, 2.45) is 4.99 Å². The molecule has 2 aromatic carbocycles. The minimum Gasteiger partial charge on any atom is -0.497 e. The molecule has 3 rings (SSSR count). The van der Waals surface area contributed by atoms with Crippen LogP contribution in [0.1, 0.15) is 11.1 Å². The zero-order chi connectivity index (χ0) is 21.8. The van der Waals surface area contributed by atoms with Gasteiger partial charge < -0.3 is 15.2 Å². The number of carbonyl (C=O) groups is 1. The number of benzene rings is 2. The van der Waals surface area contributed by atoms with Gasteiger partial charge >= 0.3 is 11.7 Å². The Bertz CT molecular complexity index is 1250. The molecule has 3 N–H and O–H groups in total. The van der Waals surface area contributed by atoms with Gasteiger partial charge in [0, 0.05) is 10.7 Å². The van der Waals surface area contributed by atoms with Crippen molar-refractivity contribution >= 4 is 29.5 Å².